The first kappa shape index (κ1) is 24.5. The summed E-state index contributed by atoms with van der Waals surface area (Å²) in [7, 11) is 1.49. The van der Waals surface area contributed by atoms with E-state index in [-0.39, 0.29) is 25.4 Å². The molecule has 0 heterocycles. The molecule has 1 aromatic rings. The fraction of sp³-hybridized carbons (Fsp3) is 0.381. The zero-order chi connectivity index (χ0) is 22.5. The lowest BCUT2D eigenvalue weighted by Crippen LogP contribution is -2.46. The number of allylic oxidation sites excluding steroid dienone is 1. The number of hydrogen-bond acceptors (Lipinski definition) is 5. The SMILES string of the molecule is CCc1ccc(NC(=O)C(C)NC(=O)CNC(=O)CCN(C)C(=O)/C=C\C=O)cc1. The molecule has 0 radical (unpaired) electrons. The molecule has 0 saturated heterocycles. The van der Waals surface area contributed by atoms with Crippen molar-refractivity contribution in [2.75, 3.05) is 25.5 Å². The van der Waals surface area contributed by atoms with Gasteiger partial charge in [0.2, 0.25) is 23.6 Å². The van der Waals surface area contributed by atoms with Crippen LogP contribution in [0.25, 0.3) is 0 Å². The summed E-state index contributed by atoms with van der Waals surface area (Å²) >= 11 is 0. The van der Waals surface area contributed by atoms with Gasteiger partial charge in [-0.1, -0.05) is 19.1 Å². The van der Waals surface area contributed by atoms with Crippen LogP contribution in [0.3, 0.4) is 0 Å². The molecule has 0 spiro atoms. The maximum Gasteiger partial charge on any atom is 0.246 e. The van der Waals surface area contributed by atoms with E-state index in [2.05, 4.69) is 16.0 Å². The Balaban J connectivity index is 2.34. The number of nitrogens with one attached hydrogen (secondary N) is 3. The van der Waals surface area contributed by atoms with Crippen LogP contribution >= 0.6 is 0 Å². The van der Waals surface area contributed by atoms with Gasteiger partial charge in [-0.15, -0.1) is 0 Å². The van der Waals surface area contributed by atoms with Gasteiger partial charge in [0, 0.05) is 31.8 Å². The molecule has 1 unspecified atom stereocenters. The largest absolute Gasteiger partial charge is 0.347 e. The molecule has 9 heteroatoms. The molecule has 0 bridgehead atoms. The molecule has 3 N–H and O–H groups in total. The Morgan fingerprint density at radius 1 is 1.10 bits per heavy atom. The van der Waals surface area contributed by atoms with Gasteiger partial charge in [0.15, 0.2) is 0 Å². The molecule has 0 aliphatic carbocycles. The molecular weight excluding hydrogens is 388 g/mol. The quantitative estimate of drug-likeness (QED) is 0.356. The normalized spacial score (nSPS) is 11.4. The highest BCUT2D eigenvalue weighted by atomic mass is 16.2. The summed E-state index contributed by atoms with van der Waals surface area (Å²) in [6.45, 7) is 3.42. The Kier molecular flexibility index (Phi) is 10.5. The lowest BCUT2D eigenvalue weighted by Gasteiger charge is -2.16. The molecule has 4 amide bonds. The van der Waals surface area contributed by atoms with Crippen molar-refractivity contribution in [3.63, 3.8) is 0 Å². The van der Waals surface area contributed by atoms with E-state index in [9.17, 15) is 24.0 Å². The number of rotatable bonds is 11. The van der Waals surface area contributed by atoms with E-state index in [4.69, 9.17) is 0 Å². The number of hydrogen-bond donors (Lipinski definition) is 3. The number of carbonyl (C=O) groups excluding carboxylic acids is 5. The standard InChI is InChI=1S/C21H28N4O5/c1-4-16-7-9-17(10-8-16)24-21(30)15(2)23-19(28)14-22-18(27)11-12-25(3)20(29)6-5-13-26/h5-10,13,15H,4,11-12,14H2,1-3H3,(H,22,27)(H,23,28)(H,24,30)/b6-5-. The van der Waals surface area contributed by atoms with Crippen LogP contribution < -0.4 is 16.0 Å². The first-order chi connectivity index (χ1) is 14.3. The predicted octanol–water partition coefficient (Wildman–Crippen LogP) is 0.412. The molecule has 0 saturated carbocycles. The third-order valence-corrected chi connectivity index (χ3v) is 4.21. The van der Waals surface area contributed by atoms with Gasteiger partial charge in [-0.25, -0.2) is 0 Å². The van der Waals surface area contributed by atoms with Gasteiger partial charge in [0.05, 0.1) is 6.54 Å². The van der Waals surface area contributed by atoms with Gasteiger partial charge in [0.25, 0.3) is 0 Å². The molecule has 0 aliphatic rings. The molecule has 30 heavy (non-hydrogen) atoms. The topological polar surface area (TPSA) is 125 Å². The molecular formula is C21H28N4O5. The highest BCUT2D eigenvalue weighted by molar-refractivity contribution is 5.97. The van der Waals surface area contributed by atoms with Crippen molar-refractivity contribution < 1.29 is 24.0 Å². The minimum Gasteiger partial charge on any atom is -0.347 e. The van der Waals surface area contributed by atoms with Gasteiger partial charge in [-0.05, 0) is 37.1 Å². The molecule has 9 nitrogen and oxygen atoms in total. The average molecular weight is 416 g/mol. The smallest absolute Gasteiger partial charge is 0.246 e. The first-order valence-corrected chi connectivity index (χ1v) is 9.59. The van der Waals surface area contributed by atoms with Crippen LogP contribution in [-0.4, -0.2) is 61.0 Å². The van der Waals surface area contributed by atoms with E-state index in [0.717, 1.165) is 24.1 Å². The molecule has 0 aromatic heterocycles. The summed E-state index contributed by atoms with van der Waals surface area (Å²) in [4.78, 5) is 59.0. The van der Waals surface area contributed by atoms with Gasteiger partial charge >= 0.3 is 0 Å². The second-order valence-electron chi connectivity index (χ2n) is 6.61. The third-order valence-electron chi connectivity index (χ3n) is 4.21. The Morgan fingerprint density at radius 3 is 2.37 bits per heavy atom. The number of nitrogens with zero attached hydrogens (tertiary/aromatic N) is 1. The van der Waals surface area contributed by atoms with Crippen molar-refractivity contribution in [2.24, 2.45) is 0 Å². The van der Waals surface area contributed by atoms with Crippen LogP contribution in [0.15, 0.2) is 36.4 Å². The first-order valence-electron chi connectivity index (χ1n) is 9.59. The molecule has 1 rings (SSSR count). The van der Waals surface area contributed by atoms with E-state index >= 15 is 0 Å². The Bertz CT molecular complexity index is 789. The minimum absolute atomic E-state index is 0.00571. The summed E-state index contributed by atoms with van der Waals surface area (Å²) < 4.78 is 0. The van der Waals surface area contributed by atoms with Gasteiger partial charge in [-0.3, -0.25) is 24.0 Å². The van der Waals surface area contributed by atoms with Gasteiger partial charge in [0.1, 0.15) is 12.3 Å². The summed E-state index contributed by atoms with van der Waals surface area (Å²) in [6.07, 6.45) is 3.55. The number of aryl methyl sites for hydroxylation is 1. The van der Waals surface area contributed by atoms with Crippen molar-refractivity contribution in [2.45, 2.75) is 32.7 Å². The monoisotopic (exact) mass is 416 g/mol. The van der Waals surface area contributed by atoms with E-state index < -0.39 is 23.8 Å². The number of anilines is 1. The van der Waals surface area contributed by atoms with Crippen molar-refractivity contribution in [1.29, 1.82) is 0 Å². The average Bonchev–Trinajstić information content (AvgIpc) is 2.74. The van der Waals surface area contributed by atoms with Crippen LogP contribution in [0.1, 0.15) is 25.8 Å². The summed E-state index contributed by atoms with van der Waals surface area (Å²) in [5.41, 5.74) is 1.78. The lowest BCUT2D eigenvalue weighted by molar-refractivity contribution is -0.129. The van der Waals surface area contributed by atoms with E-state index in [1.54, 1.807) is 19.1 Å². The Hall–Kier alpha value is -3.49. The zero-order valence-corrected chi connectivity index (χ0v) is 17.4. The van der Waals surface area contributed by atoms with E-state index in [0.29, 0.717) is 12.0 Å². The zero-order valence-electron chi connectivity index (χ0n) is 17.4. The van der Waals surface area contributed by atoms with E-state index in [1.165, 1.54) is 11.9 Å². The summed E-state index contributed by atoms with van der Waals surface area (Å²) in [5, 5.41) is 7.66. The Labute approximate surface area is 175 Å². The van der Waals surface area contributed by atoms with E-state index in [1.807, 2.05) is 19.1 Å². The number of carbonyl (C=O) groups is 5. The molecule has 1 atom stereocenters. The fourth-order valence-corrected chi connectivity index (χ4v) is 2.33. The second kappa shape index (κ2) is 12.9. The molecule has 0 fully saturated rings. The highest BCUT2D eigenvalue weighted by Gasteiger charge is 2.16. The minimum atomic E-state index is -0.784. The van der Waals surface area contributed by atoms with Crippen LogP contribution in [0.2, 0.25) is 0 Å². The number of benzene rings is 1. The maximum absolute atomic E-state index is 12.2. The van der Waals surface area contributed by atoms with Crippen LogP contribution in [0, 0.1) is 0 Å². The van der Waals surface area contributed by atoms with Crippen molar-refractivity contribution >= 4 is 35.6 Å². The fourth-order valence-electron chi connectivity index (χ4n) is 2.33. The van der Waals surface area contributed by atoms with Crippen LogP contribution in [0.4, 0.5) is 5.69 Å². The molecule has 162 valence electrons. The summed E-state index contributed by atoms with van der Waals surface area (Å²) in [6, 6.07) is 6.63. The maximum atomic E-state index is 12.2. The second-order valence-corrected chi connectivity index (χ2v) is 6.61. The molecule has 1 aromatic carbocycles. The van der Waals surface area contributed by atoms with Crippen molar-refractivity contribution in [1.82, 2.24) is 15.5 Å². The third kappa shape index (κ3) is 9.13. The predicted molar refractivity (Wildman–Crippen MR) is 113 cm³/mol. The number of likely N-dealkylation sites (N-methyl/N-ethyl adjacent to an activating group) is 1. The lowest BCUT2D eigenvalue weighted by atomic mass is 10.1. The molecule has 0 aliphatic heterocycles. The number of aldehydes is 1. The van der Waals surface area contributed by atoms with Crippen LogP contribution in [-0.2, 0) is 30.4 Å². The Morgan fingerprint density at radius 2 is 1.77 bits per heavy atom. The van der Waals surface area contributed by atoms with Crippen molar-refractivity contribution in [3.8, 4) is 0 Å². The van der Waals surface area contributed by atoms with Crippen molar-refractivity contribution in [3.05, 3.63) is 42.0 Å². The summed E-state index contributed by atoms with van der Waals surface area (Å²) in [5.74, 6) is -1.71. The van der Waals surface area contributed by atoms with Gasteiger partial charge < -0.3 is 20.9 Å². The highest BCUT2D eigenvalue weighted by Crippen LogP contribution is 2.10. The number of amides is 4. The van der Waals surface area contributed by atoms with Gasteiger partial charge in [-0.2, -0.15) is 0 Å². The van der Waals surface area contributed by atoms with Crippen LogP contribution in [0.5, 0.6) is 0 Å².